The summed E-state index contributed by atoms with van der Waals surface area (Å²) in [6, 6.07) is 12.3. The number of aliphatic hydroxyl groups excluding tert-OH is 1. The van der Waals surface area contributed by atoms with Gasteiger partial charge in [0.25, 0.3) is 5.91 Å². The Balaban J connectivity index is 1.64. The molecule has 190 valence electrons. The second-order valence-electron chi connectivity index (χ2n) is 10.3. The van der Waals surface area contributed by atoms with Crippen LogP contribution in [0.2, 0.25) is 0 Å². The zero-order valence-corrected chi connectivity index (χ0v) is 21.4. The average molecular weight is 509 g/mol. The molecular formula is C28H32N2O5S. The smallest absolute Gasteiger partial charge is 0.308 e. The van der Waals surface area contributed by atoms with Gasteiger partial charge in [-0.15, -0.1) is 18.3 Å². The lowest BCUT2D eigenvalue weighted by Crippen LogP contribution is -2.57. The first-order valence-corrected chi connectivity index (χ1v) is 13.3. The summed E-state index contributed by atoms with van der Waals surface area (Å²) in [4.78, 5) is 44.0. The third-order valence-electron chi connectivity index (χ3n) is 8.41. The molecule has 2 N–H and O–H groups in total. The number of nitrogens with zero attached hydrogens (tertiary/aromatic N) is 2. The van der Waals surface area contributed by atoms with E-state index in [1.807, 2.05) is 56.3 Å². The van der Waals surface area contributed by atoms with Crippen molar-refractivity contribution in [2.45, 2.75) is 54.7 Å². The minimum atomic E-state index is -0.993. The molecule has 2 aromatic carbocycles. The number of fused-ring (bicyclic) bond motifs is 2. The summed E-state index contributed by atoms with van der Waals surface area (Å²) >= 11 is 1.51. The van der Waals surface area contributed by atoms with Gasteiger partial charge in [0.1, 0.15) is 6.04 Å². The van der Waals surface area contributed by atoms with Crippen LogP contribution in [-0.4, -0.2) is 67.6 Å². The molecule has 6 atom stereocenters. The molecule has 2 aromatic rings. The lowest BCUT2D eigenvalue weighted by Gasteiger charge is -2.39. The topological polar surface area (TPSA) is 98.2 Å². The van der Waals surface area contributed by atoms with Crippen LogP contribution in [0.4, 0.5) is 5.69 Å². The van der Waals surface area contributed by atoms with Gasteiger partial charge in [-0.1, -0.05) is 43.3 Å². The number of carboxylic acids is 1. The van der Waals surface area contributed by atoms with Crippen molar-refractivity contribution in [2.24, 2.45) is 11.8 Å². The lowest BCUT2D eigenvalue weighted by atomic mass is 9.66. The first-order chi connectivity index (χ1) is 17.2. The number of thioether (sulfide) groups is 1. The van der Waals surface area contributed by atoms with Gasteiger partial charge in [0.05, 0.1) is 29.2 Å². The van der Waals surface area contributed by atoms with E-state index in [0.29, 0.717) is 24.9 Å². The van der Waals surface area contributed by atoms with Gasteiger partial charge in [-0.2, -0.15) is 0 Å². The van der Waals surface area contributed by atoms with Crippen LogP contribution in [-0.2, 0) is 14.4 Å². The van der Waals surface area contributed by atoms with Crippen molar-refractivity contribution in [3.05, 3.63) is 55.1 Å². The number of benzene rings is 2. The highest BCUT2D eigenvalue weighted by Crippen LogP contribution is 2.71. The molecule has 2 unspecified atom stereocenters. The fourth-order valence-corrected chi connectivity index (χ4v) is 9.10. The molecule has 0 aromatic heterocycles. The van der Waals surface area contributed by atoms with E-state index in [9.17, 15) is 24.6 Å². The van der Waals surface area contributed by atoms with Crippen molar-refractivity contribution < 1.29 is 24.6 Å². The van der Waals surface area contributed by atoms with Gasteiger partial charge in [-0.05, 0) is 49.1 Å². The molecule has 0 radical (unpaired) electrons. The van der Waals surface area contributed by atoms with Gasteiger partial charge in [-0.25, -0.2) is 0 Å². The summed E-state index contributed by atoms with van der Waals surface area (Å²) in [6.45, 7) is 7.60. The number of rotatable bonds is 8. The number of aliphatic hydroxyl groups is 1. The van der Waals surface area contributed by atoms with Crippen LogP contribution in [0, 0.1) is 11.8 Å². The Morgan fingerprint density at radius 2 is 1.97 bits per heavy atom. The highest BCUT2D eigenvalue weighted by atomic mass is 32.2. The van der Waals surface area contributed by atoms with E-state index in [2.05, 4.69) is 6.58 Å². The van der Waals surface area contributed by atoms with Crippen molar-refractivity contribution in [1.82, 2.24) is 4.90 Å². The first-order valence-electron chi connectivity index (χ1n) is 12.5. The summed E-state index contributed by atoms with van der Waals surface area (Å²) in [5.41, 5.74) is 0.696. The minimum absolute atomic E-state index is 0.247. The molecule has 2 bridgehead atoms. The van der Waals surface area contributed by atoms with Gasteiger partial charge in [0, 0.05) is 17.0 Å². The molecule has 5 rings (SSSR count). The van der Waals surface area contributed by atoms with Crippen LogP contribution in [0.1, 0.15) is 33.1 Å². The summed E-state index contributed by atoms with van der Waals surface area (Å²) in [5, 5.41) is 22.4. The fourth-order valence-electron chi connectivity index (χ4n) is 6.77. The Labute approximate surface area is 215 Å². The van der Waals surface area contributed by atoms with Crippen LogP contribution in [0.5, 0.6) is 0 Å². The summed E-state index contributed by atoms with van der Waals surface area (Å²) < 4.78 is -1.45. The molecule has 3 aliphatic rings. The van der Waals surface area contributed by atoms with Crippen LogP contribution >= 0.6 is 11.8 Å². The zero-order valence-electron chi connectivity index (χ0n) is 20.6. The van der Waals surface area contributed by atoms with Crippen LogP contribution in [0.15, 0.2) is 55.1 Å². The summed E-state index contributed by atoms with van der Waals surface area (Å²) in [6.07, 6.45) is 3.34. The number of aliphatic carboxylic acids is 1. The molecule has 0 saturated carbocycles. The maximum Gasteiger partial charge on any atom is 0.308 e. The molecule has 1 spiro atoms. The monoisotopic (exact) mass is 508 g/mol. The molecule has 3 heterocycles. The molecule has 8 heteroatoms. The first kappa shape index (κ1) is 24.8. The number of anilines is 1. The van der Waals surface area contributed by atoms with Crippen molar-refractivity contribution >= 4 is 46.0 Å². The summed E-state index contributed by atoms with van der Waals surface area (Å²) in [7, 11) is 0. The van der Waals surface area contributed by atoms with Gasteiger partial charge < -0.3 is 20.0 Å². The van der Waals surface area contributed by atoms with E-state index >= 15 is 0 Å². The minimum Gasteiger partial charge on any atom is -0.481 e. The average Bonchev–Trinajstić information content (AvgIpc) is 3.44. The van der Waals surface area contributed by atoms with Gasteiger partial charge in [0.15, 0.2) is 0 Å². The van der Waals surface area contributed by atoms with E-state index in [1.165, 1.54) is 16.7 Å². The molecule has 3 saturated heterocycles. The van der Waals surface area contributed by atoms with E-state index in [4.69, 9.17) is 0 Å². The van der Waals surface area contributed by atoms with E-state index < -0.39 is 39.4 Å². The molecular weight excluding hydrogens is 476 g/mol. The van der Waals surface area contributed by atoms with Gasteiger partial charge >= 0.3 is 5.97 Å². The Morgan fingerprint density at radius 1 is 1.25 bits per heavy atom. The number of carbonyl (C=O) groups is 3. The number of hydrogen-bond donors (Lipinski definition) is 2. The maximum atomic E-state index is 14.5. The van der Waals surface area contributed by atoms with Crippen molar-refractivity contribution in [1.29, 1.82) is 0 Å². The Morgan fingerprint density at radius 3 is 2.61 bits per heavy atom. The summed E-state index contributed by atoms with van der Waals surface area (Å²) in [5.74, 6) is -3.23. The number of hydrogen-bond acceptors (Lipinski definition) is 5. The van der Waals surface area contributed by atoms with Crippen LogP contribution in [0.25, 0.3) is 10.8 Å². The predicted octanol–water partition coefficient (Wildman–Crippen LogP) is 3.70. The molecule has 0 aliphatic carbocycles. The van der Waals surface area contributed by atoms with Crippen molar-refractivity contribution in [3.63, 3.8) is 0 Å². The Hall–Kier alpha value is -2.84. The normalized spacial score (nSPS) is 31.5. The highest BCUT2D eigenvalue weighted by molar-refractivity contribution is 8.02. The largest absolute Gasteiger partial charge is 0.481 e. The van der Waals surface area contributed by atoms with Crippen LogP contribution in [0.3, 0.4) is 0 Å². The second-order valence-corrected chi connectivity index (χ2v) is 12.2. The number of likely N-dealkylation sites (tertiary alicyclic amines) is 1. The van der Waals surface area contributed by atoms with Crippen molar-refractivity contribution in [3.8, 4) is 0 Å². The SMILES string of the molecule is C=CCN(C(=O)C1N([C@@H](CC)CO)C(=O)[C@@H]2[C@@H](C(=O)O)[C@@]3(C)CCC12S3)c1ccc2ccccc2c1. The lowest BCUT2D eigenvalue weighted by molar-refractivity contribution is -0.150. The molecule has 3 fully saturated rings. The highest BCUT2D eigenvalue weighted by Gasteiger charge is 2.78. The molecule has 2 amide bonds. The van der Waals surface area contributed by atoms with E-state index in [0.717, 1.165) is 10.8 Å². The standard InChI is InChI=1S/C28H32N2O5S/c1-4-14-29(20-11-10-17-8-6-7-9-18(17)15-20)25(33)23-28-13-12-27(3,36-28)22(26(34)35)21(28)24(32)30(23)19(5-2)16-31/h4,6-11,15,19,21-23,31H,1,5,12-14,16H2,2-3H3,(H,34,35)/t19-,21-,22-,23?,27+,28?/m0/s1. The molecule has 7 nitrogen and oxygen atoms in total. The fraction of sp³-hybridized carbons (Fsp3) is 0.464. The predicted molar refractivity (Wildman–Crippen MR) is 141 cm³/mol. The number of carboxylic acid groups (broad SMARTS) is 1. The quantitative estimate of drug-likeness (QED) is 0.528. The third-order valence-corrected chi connectivity index (χ3v) is 10.4. The maximum absolute atomic E-state index is 14.5. The van der Waals surface area contributed by atoms with Gasteiger partial charge in [0.2, 0.25) is 5.91 Å². The van der Waals surface area contributed by atoms with Crippen LogP contribution < -0.4 is 4.90 Å². The second kappa shape index (κ2) is 8.92. The number of carbonyl (C=O) groups excluding carboxylic acids is 2. The molecule has 3 aliphatic heterocycles. The molecule has 36 heavy (non-hydrogen) atoms. The zero-order chi connectivity index (χ0) is 25.8. The van der Waals surface area contributed by atoms with Crippen molar-refractivity contribution in [2.75, 3.05) is 18.1 Å². The Kier molecular flexibility index (Phi) is 6.16. The third kappa shape index (κ3) is 3.41. The van der Waals surface area contributed by atoms with E-state index in [-0.39, 0.29) is 25.0 Å². The Bertz CT molecular complexity index is 1250. The number of amides is 2. The van der Waals surface area contributed by atoms with E-state index in [1.54, 1.807) is 11.0 Å². The van der Waals surface area contributed by atoms with Gasteiger partial charge in [-0.3, -0.25) is 14.4 Å².